The zero-order valence-electron chi connectivity index (χ0n) is 14.6. The number of amides is 1. The average Bonchev–Trinajstić information content (AvgIpc) is 2.99. The molecule has 1 fully saturated rings. The summed E-state index contributed by atoms with van der Waals surface area (Å²) in [6.45, 7) is 8.65. The predicted molar refractivity (Wildman–Crippen MR) is 91.4 cm³/mol. The molecule has 0 aromatic carbocycles. The number of nitrogens with zero attached hydrogens (tertiary/aromatic N) is 3. The lowest BCUT2D eigenvalue weighted by Gasteiger charge is -2.36. The number of fused-ring (bicyclic) bond motifs is 1. The van der Waals surface area contributed by atoms with Gasteiger partial charge in [-0.3, -0.25) is 4.79 Å². The summed E-state index contributed by atoms with van der Waals surface area (Å²) in [5, 5.41) is 3.19. The van der Waals surface area contributed by atoms with Crippen molar-refractivity contribution in [1.29, 1.82) is 0 Å². The second-order valence-corrected chi connectivity index (χ2v) is 7.68. The van der Waals surface area contributed by atoms with Crippen LogP contribution in [-0.2, 0) is 11.2 Å². The third-order valence-electron chi connectivity index (χ3n) is 4.87. The molecule has 1 N–H and O–H groups in total. The standard InChI is InChI=1S/C18H28N4O/c1-4-7-16(23)20-14-10-18(2,3)11-15-13(14)12-19-17(21-15)22-8-5-6-9-22/h12,14H,4-11H2,1-3H3,(H,20,23). The van der Waals surface area contributed by atoms with Crippen molar-refractivity contribution in [3.63, 3.8) is 0 Å². The van der Waals surface area contributed by atoms with E-state index in [1.54, 1.807) is 0 Å². The van der Waals surface area contributed by atoms with E-state index in [-0.39, 0.29) is 17.4 Å². The van der Waals surface area contributed by atoms with E-state index in [0.717, 1.165) is 49.6 Å². The third kappa shape index (κ3) is 3.65. The summed E-state index contributed by atoms with van der Waals surface area (Å²) < 4.78 is 0. The molecular weight excluding hydrogens is 288 g/mol. The average molecular weight is 316 g/mol. The first-order valence-electron chi connectivity index (χ1n) is 8.88. The minimum absolute atomic E-state index is 0.0421. The number of aromatic nitrogens is 2. The summed E-state index contributed by atoms with van der Waals surface area (Å²) in [7, 11) is 0. The lowest BCUT2D eigenvalue weighted by atomic mass is 9.74. The second kappa shape index (κ2) is 6.46. The Morgan fingerprint density at radius 2 is 2.13 bits per heavy atom. The van der Waals surface area contributed by atoms with Crippen molar-refractivity contribution < 1.29 is 4.79 Å². The van der Waals surface area contributed by atoms with Gasteiger partial charge in [-0.25, -0.2) is 9.97 Å². The fourth-order valence-corrected chi connectivity index (χ4v) is 3.73. The van der Waals surface area contributed by atoms with E-state index in [0.29, 0.717) is 6.42 Å². The van der Waals surface area contributed by atoms with Gasteiger partial charge in [0, 0.05) is 31.3 Å². The molecule has 2 heterocycles. The molecule has 1 aliphatic heterocycles. The highest BCUT2D eigenvalue weighted by atomic mass is 16.1. The van der Waals surface area contributed by atoms with Gasteiger partial charge in [-0.2, -0.15) is 0 Å². The molecule has 5 heteroatoms. The van der Waals surface area contributed by atoms with Crippen LogP contribution in [0.2, 0.25) is 0 Å². The Bertz CT molecular complexity index is 578. The molecule has 126 valence electrons. The molecule has 0 radical (unpaired) electrons. The van der Waals surface area contributed by atoms with Crippen LogP contribution in [-0.4, -0.2) is 29.0 Å². The van der Waals surface area contributed by atoms with E-state index in [9.17, 15) is 4.79 Å². The summed E-state index contributed by atoms with van der Waals surface area (Å²) in [6, 6.07) is 0.0421. The number of rotatable bonds is 4. The fraction of sp³-hybridized carbons (Fsp3) is 0.722. The number of hydrogen-bond donors (Lipinski definition) is 1. The molecule has 2 aliphatic rings. The van der Waals surface area contributed by atoms with Crippen LogP contribution in [0, 0.1) is 5.41 Å². The van der Waals surface area contributed by atoms with Crippen molar-refractivity contribution in [2.75, 3.05) is 18.0 Å². The Balaban J connectivity index is 1.86. The molecule has 3 rings (SSSR count). The second-order valence-electron chi connectivity index (χ2n) is 7.68. The highest BCUT2D eigenvalue weighted by Crippen LogP contribution is 2.40. The van der Waals surface area contributed by atoms with E-state index < -0.39 is 0 Å². The van der Waals surface area contributed by atoms with Crippen molar-refractivity contribution in [3.8, 4) is 0 Å². The zero-order valence-corrected chi connectivity index (χ0v) is 14.6. The first-order chi connectivity index (χ1) is 11.0. The Morgan fingerprint density at radius 3 is 2.83 bits per heavy atom. The van der Waals surface area contributed by atoms with Gasteiger partial charge in [-0.05, 0) is 37.5 Å². The topological polar surface area (TPSA) is 58.1 Å². The lowest BCUT2D eigenvalue weighted by molar-refractivity contribution is -0.122. The predicted octanol–water partition coefficient (Wildman–Crippen LogP) is 3.01. The van der Waals surface area contributed by atoms with Crippen LogP contribution < -0.4 is 10.2 Å². The van der Waals surface area contributed by atoms with E-state index in [1.807, 2.05) is 13.1 Å². The van der Waals surface area contributed by atoms with Gasteiger partial charge in [0.2, 0.25) is 11.9 Å². The molecular formula is C18H28N4O. The smallest absolute Gasteiger partial charge is 0.225 e. The van der Waals surface area contributed by atoms with Gasteiger partial charge in [0.15, 0.2) is 0 Å². The molecule has 0 bridgehead atoms. The number of nitrogens with one attached hydrogen (secondary N) is 1. The minimum Gasteiger partial charge on any atom is -0.349 e. The van der Waals surface area contributed by atoms with E-state index >= 15 is 0 Å². The highest BCUT2D eigenvalue weighted by molar-refractivity contribution is 5.76. The van der Waals surface area contributed by atoms with Crippen LogP contribution in [0.3, 0.4) is 0 Å². The fourth-order valence-electron chi connectivity index (χ4n) is 3.73. The summed E-state index contributed by atoms with van der Waals surface area (Å²) in [6.07, 6.45) is 7.75. The van der Waals surface area contributed by atoms with Crippen LogP contribution in [0.15, 0.2) is 6.20 Å². The SMILES string of the molecule is CCCC(=O)NC1CC(C)(C)Cc2nc(N3CCCC3)ncc21. The van der Waals surface area contributed by atoms with Crippen molar-refractivity contribution in [1.82, 2.24) is 15.3 Å². The summed E-state index contributed by atoms with van der Waals surface area (Å²) in [5.74, 6) is 0.988. The third-order valence-corrected chi connectivity index (χ3v) is 4.87. The lowest BCUT2D eigenvalue weighted by Crippen LogP contribution is -2.37. The molecule has 1 amide bonds. The van der Waals surface area contributed by atoms with Gasteiger partial charge in [0.1, 0.15) is 0 Å². The molecule has 1 aromatic rings. The van der Waals surface area contributed by atoms with E-state index in [1.165, 1.54) is 12.8 Å². The first kappa shape index (κ1) is 16.2. The van der Waals surface area contributed by atoms with Gasteiger partial charge in [-0.1, -0.05) is 20.8 Å². The van der Waals surface area contributed by atoms with Gasteiger partial charge < -0.3 is 10.2 Å². The number of carbonyl (C=O) groups is 1. The van der Waals surface area contributed by atoms with E-state index in [4.69, 9.17) is 4.98 Å². The summed E-state index contributed by atoms with van der Waals surface area (Å²) in [5.41, 5.74) is 2.37. The van der Waals surface area contributed by atoms with Crippen LogP contribution in [0.25, 0.3) is 0 Å². The maximum atomic E-state index is 12.0. The molecule has 5 nitrogen and oxygen atoms in total. The first-order valence-corrected chi connectivity index (χ1v) is 8.88. The van der Waals surface area contributed by atoms with Crippen molar-refractivity contribution >= 4 is 11.9 Å². The Kier molecular flexibility index (Phi) is 4.55. The molecule has 1 unspecified atom stereocenters. The zero-order chi connectivity index (χ0) is 16.4. The summed E-state index contributed by atoms with van der Waals surface area (Å²) in [4.78, 5) is 23.8. The molecule has 1 atom stereocenters. The highest BCUT2D eigenvalue weighted by Gasteiger charge is 2.34. The van der Waals surface area contributed by atoms with Crippen LogP contribution in [0.1, 0.15) is 70.2 Å². The van der Waals surface area contributed by atoms with E-state index in [2.05, 4.69) is 29.0 Å². The normalized spacial score (nSPS) is 22.7. The van der Waals surface area contributed by atoms with Crippen molar-refractivity contribution in [3.05, 3.63) is 17.5 Å². The summed E-state index contributed by atoms with van der Waals surface area (Å²) >= 11 is 0. The van der Waals surface area contributed by atoms with Gasteiger partial charge >= 0.3 is 0 Å². The maximum absolute atomic E-state index is 12.0. The van der Waals surface area contributed by atoms with Crippen molar-refractivity contribution in [2.45, 2.75) is 65.3 Å². The monoisotopic (exact) mass is 316 g/mol. The van der Waals surface area contributed by atoms with Gasteiger partial charge in [0.25, 0.3) is 0 Å². The van der Waals surface area contributed by atoms with Crippen LogP contribution >= 0.6 is 0 Å². The van der Waals surface area contributed by atoms with Gasteiger partial charge in [0.05, 0.1) is 11.7 Å². The Labute approximate surface area is 138 Å². The molecule has 1 aromatic heterocycles. The number of hydrogen-bond acceptors (Lipinski definition) is 4. The molecule has 0 spiro atoms. The van der Waals surface area contributed by atoms with Crippen molar-refractivity contribution in [2.24, 2.45) is 5.41 Å². The van der Waals surface area contributed by atoms with Crippen LogP contribution in [0.5, 0.6) is 0 Å². The molecule has 23 heavy (non-hydrogen) atoms. The molecule has 1 aliphatic carbocycles. The molecule has 0 saturated carbocycles. The number of anilines is 1. The molecule has 1 saturated heterocycles. The minimum atomic E-state index is 0.0421. The number of carbonyl (C=O) groups excluding carboxylic acids is 1. The van der Waals surface area contributed by atoms with Gasteiger partial charge in [-0.15, -0.1) is 0 Å². The largest absolute Gasteiger partial charge is 0.349 e. The Morgan fingerprint density at radius 1 is 1.39 bits per heavy atom. The maximum Gasteiger partial charge on any atom is 0.225 e. The quantitative estimate of drug-likeness (QED) is 0.927. The Hall–Kier alpha value is -1.65. The van der Waals surface area contributed by atoms with Crippen LogP contribution in [0.4, 0.5) is 5.95 Å².